The normalized spacial score (nSPS) is 23.6. The molecule has 1 aliphatic rings. The van der Waals surface area contributed by atoms with Crippen LogP contribution >= 0.6 is 0 Å². The molecule has 1 saturated heterocycles. The fourth-order valence-corrected chi connectivity index (χ4v) is 2.61. The number of hydrogen-bond donors (Lipinski definition) is 3. The van der Waals surface area contributed by atoms with Crippen LogP contribution in [-0.4, -0.2) is 50.4 Å². The van der Waals surface area contributed by atoms with Crippen molar-refractivity contribution in [2.24, 2.45) is 0 Å². The molecule has 3 N–H and O–H groups in total. The number of aromatic nitrogens is 2. The number of fused-ring (bicyclic) bond motifs is 1. The molecule has 0 radical (unpaired) electrons. The molecule has 1 fully saturated rings. The predicted molar refractivity (Wildman–Crippen MR) is 74.4 cm³/mol. The lowest BCUT2D eigenvalue weighted by molar-refractivity contribution is 0.0572. The van der Waals surface area contributed by atoms with Gasteiger partial charge in [0.2, 0.25) is 0 Å². The van der Waals surface area contributed by atoms with Crippen LogP contribution in [0.25, 0.3) is 10.9 Å². The van der Waals surface area contributed by atoms with Crippen LogP contribution in [0.5, 0.6) is 0 Å². The Labute approximate surface area is 115 Å². The SMILES string of the molecule is Cc1cccc2c(=O)[nH]c(CN3C[C@@H](O)[C@@H](O)C3)nc12. The number of nitrogens with zero attached hydrogens (tertiary/aromatic N) is 2. The zero-order valence-corrected chi connectivity index (χ0v) is 11.2. The van der Waals surface area contributed by atoms with Gasteiger partial charge in [-0.2, -0.15) is 0 Å². The first-order valence-electron chi connectivity index (χ1n) is 6.61. The average Bonchev–Trinajstić information content (AvgIpc) is 2.70. The standard InChI is InChI=1S/C14H17N3O3/c1-8-3-2-4-9-13(8)15-12(16-14(9)20)7-17-5-10(18)11(19)6-17/h2-4,10-11,18-19H,5-7H2,1H3,(H,15,16,20)/t10-,11+. The zero-order valence-electron chi connectivity index (χ0n) is 11.2. The topological polar surface area (TPSA) is 89.5 Å². The maximum absolute atomic E-state index is 12.0. The van der Waals surface area contributed by atoms with Gasteiger partial charge in [0.1, 0.15) is 5.82 Å². The molecule has 6 heteroatoms. The summed E-state index contributed by atoms with van der Waals surface area (Å²) in [5, 5.41) is 19.6. The van der Waals surface area contributed by atoms with Gasteiger partial charge in [-0.15, -0.1) is 0 Å². The molecule has 2 atom stereocenters. The van der Waals surface area contributed by atoms with Crippen LogP contribution in [0.4, 0.5) is 0 Å². The number of benzene rings is 1. The van der Waals surface area contributed by atoms with Crippen molar-refractivity contribution in [2.45, 2.75) is 25.7 Å². The Hall–Kier alpha value is -1.76. The van der Waals surface area contributed by atoms with Gasteiger partial charge in [-0.25, -0.2) is 4.98 Å². The average molecular weight is 275 g/mol. The summed E-state index contributed by atoms with van der Waals surface area (Å²) in [7, 11) is 0. The van der Waals surface area contributed by atoms with Crippen molar-refractivity contribution < 1.29 is 10.2 Å². The Morgan fingerprint density at radius 3 is 2.75 bits per heavy atom. The van der Waals surface area contributed by atoms with Crippen LogP contribution in [0.2, 0.25) is 0 Å². The number of nitrogens with one attached hydrogen (secondary N) is 1. The Bertz CT molecular complexity index is 688. The second kappa shape index (κ2) is 4.97. The van der Waals surface area contributed by atoms with Gasteiger partial charge in [0, 0.05) is 13.1 Å². The predicted octanol–water partition coefficient (Wildman–Crippen LogP) is -0.231. The van der Waals surface area contributed by atoms with Gasteiger partial charge in [0.05, 0.1) is 29.7 Å². The summed E-state index contributed by atoms with van der Waals surface area (Å²) < 4.78 is 0. The van der Waals surface area contributed by atoms with Gasteiger partial charge >= 0.3 is 0 Å². The molecule has 0 bridgehead atoms. The highest BCUT2D eigenvalue weighted by molar-refractivity contribution is 5.80. The molecular weight excluding hydrogens is 258 g/mol. The van der Waals surface area contributed by atoms with E-state index < -0.39 is 12.2 Å². The lowest BCUT2D eigenvalue weighted by Gasteiger charge is -2.14. The third-order valence-corrected chi connectivity index (χ3v) is 3.70. The van der Waals surface area contributed by atoms with Crippen LogP contribution in [0.1, 0.15) is 11.4 Å². The first-order valence-corrected chi connectivity index (χ1v) is 6.61. The fraction of sp³-hybridized carbons (Fsp3) is 0.429. The number of likely N-dealkylation sites (tertiary alicyclic amines) is 1. The third kappa shape index (κ3) is 2.33. The van der Waals surface area contributed by atoms with Crippen molar-refractivity contribution >= 4 is 10.9 Å². The molecule has 1 aromatic heterocycles. The number of aliphatic hydroxyl groups excluding tert-OH is 2. The maximum Gasteiger partial charge on any atom is 0.258 e. The molecule has 0 amide bonds. The minimum atomic E-state index is -0.732. The number of rotatable bonds is 2. The van der Waals surface area contributed by atoms with E-state index in [2.05, 4.69) is 9.97 Å². The fourth-order valence-electron chi connectivity index (χ4n) is 2.61. The highest BCUT2D eigenvalue weighted by Crippen LogP contribution is 2.15. The first kappa shape index (κ1) is 13.2. The van der Waals surface area contributed by atoms with Gasteiger partial charge in [-0.05, 0) is 18.6 Å². The van der Waals surface area contributed by atoms with Crippen LogP contribution in [0, 0.1) is 6.92 Å². The Morgan fingerprint density at radius 1 is 1.35 bits per heavy atom. The molecule has 0 aliphatic carbocycles. The van der Waals surface area contributed by atoms with E-state index in [0.29, 0.717) is 36.4 Å². The van der Waals surface area contributed by atoms with Gasteiger partial charge in [-0.3, -0.25) is 9.69 Å². The molecule has 20 heavy (non-hydrogen) atoms. The number of para-hydroxylation sites is 1. The largest absolute Gasteiger partial charge is 0.389 e. The molecule has 6 nitrogen and oxygen atoms in total. The Balaban J connectivity index is 1.93. The summed E-state index contributed by atoms with van der Waals surface area (Å²) in [4.78, 5) is 21.2. The highest BCUT2D eigenvalue weighted by Gasteiger charge is 2.29. The van der Waals surface area contributed by atoms with Crippen molar-refractivity contribution in [3.8, 4) is 0 Å². The lowest BCUT2D eigenvalue weighted by atomic mass is 10.1. The molecule has 2 heterocycles. The lowest BCUT2D eigenvalue weighted by Crippen LogP contribution is -2.24. The molecule has 1 aliphatic heterocycles. The van der Waals surface area contributed by atoms with E-state index >= 15 is 0 Å². The summed E-state index contributed by atoms with van der Waals surface area (Å²) in [6.45, 7) is 3.10. The van der Waals surface area contributed by atoms with E-state index in [4.69, 9.17) is 0 Å². The molecule has 2 aromatic rings. The van der Waals surface area contributed by atoms with Crippen molar-refractivity contribution in [3.05, 3.63) is 39.9 Å². The smallest absolute Gasteiger partial charge is 0.258 e. The monoisotopic (exact) mass is 275 g/mol. The Kier molecular flexibility index (Phi) is 3.29. The third-order valence-electron chi connectivity index (χ3n) is 3.70. The minimum absolute atomic E-state index is 0.158. The summed E-state index contributed by atoms with van der Waals surface area (Å²) >= 11 is 0. The quantitative estimate of drug-likeness (QED) is 0.704. The summed E-state index contributed by atoms with van der Waals surface area (Å²) in [5.74, 6) is 0.554. The van der Waals surface area contributed by atoms with Gasteiger partial charge in [-0.1, -0.05) is 12.1 Å². The van der Waals surface area contributed by atoms with Gasteiger partial charge in [0.25, 0.3) is 5.56 Å². The van der Waals surface area contributed by atoms with Crippen LogP contribution in [0.15, 0.2) is 23.0 Å². The van der Waals surface area contributed by atoms with Crippen molar-refractivity contribution in [1.29, 1.82) is 0 Å². The van der Waals surface area contributed by atoms with Crippen LogP contribution in [0.3, 0.4) is 0 Å². The molecule has 0 unspecified atom stereocenters. The number of aromatic amines is 1. The highest BCUT2D eigenvalue weighted by atomic mass is 16.3. The zero-order chi connectivity index (χ0) is 14.3. The van der Waals surface area contributed by atoms with E-state index in [0.717, 1.165) is 5.56 Å². The molecular formula is C14H17N3O3. The molecule has 3 rings (SSSR count). The van der Waals surface area contributed by atoms with Gasteiger partial charge in [0.15, 0.2) is 0 Å². The number of hydrogen-bond acceptors (Lipinski definition) is 5. The van der Waals surface area contributed by atoms with Crippen LogP contribution < -0.4 is 5.56 Å². The summed E-state index contributed by atoms with van der Waals surface area (Å²) in [6, 6.07) is 5.50. The molecule has 0 saturated carbocycles. The Morgan fingerprint density at radius 2 is 2.05 bits per heavy atom. The number of β-amino-alcohol motifs (C(OH)–C–C–N with tert-alkyl or cyclic N) is 2. The summed E-state index contributed by atoms with van der Waals surface area (Å²) in [6.07, 6.45) is -1.46. The van der Waals surface area contributed by atoms with E-state index in [-0.39, 0.29) is 5.56 Å². The number of aryl methyl sites for hydroxylation is 1. The van der Waals surface area contributed by atoms with E-state index in [1.807, 2.05) is 24.0 Å². The van der Waals surface area contributed by atoms with E-state index in [9.17, 15) is 15.0 Å². The van der Waals surface area contributed by atoms with E-state index in [1.54, 1.807) is 6.07 Å². The second-order valence-electron chi connectivity index (χ2n) is 5.31. The van der Waals surface area contributed by atoms with E-state index in [1.165, 1.54) is 0 Å². The maximum atomic E-state index is 12.0. The minimum Gasteiger partial charge on any atom is -0.389 e. The van der Waals surface area contributed by atoms with Gasteiger partial charge < -0.3 is 15.2 Å². The second-order valence-corrected chi connectivity index (χ2v) is 5.31. The van der Waals surface area contributed by atoms with Crippen LogP contribution in [-0.2, 0) is 6.54 Å². The first-order chi connectivity index (χ1) is 9.54. The number of aliphatic hydroxyl groups is 2. The molecule has 106 valence electrons. The molecule has 1 aromatic carbocycles. The van der Waals surface area contributed by atoms with Crippen molar-refractivity contribution in [2.75, 3.05) is 13.1 Å². The number of H-pyrrole nitrogens is 1. The molecule has 0 spiro atoms. The van der Waals surface area contributed by atoms with Crippen molar-refractivity contribution in [3.63, 3.8) is 0 Å². The summed E-state index contributed by atoms with van der Waals surface area (Å²) in [5.41, 5.74) is 1.50. The van der Waals surface area contributed by atoms with Crippen molar-refractivity contribution in [1.82, 2.24) is 14.9 Å².